The highest BCUT2D eigenvalue weighted by Gasteiger charge is 2.21. The molecule has 0 heterocycles. The Kier molecular flexibility index (Phi) is 12.6. The van der Waals surface area contributed by atoms with Gasteiger partial charge in [-0.2, -0.15) is 0 Å². The number of carboxylic acids is 1. The maximum absolute atomic E-state index is 13.1. The van der Waals surface area contributed by atoms with E-state index in [4.69, 9.17) is 14.2 Å². The molecule has 2 aromatic carbocycles. The van der Waals surface area contributed by atoms with E-state index in [1.54, 1.807) is 31.2 Å². The minimum absolute atomic E-state index is 0.184. The molecule has 0 spiro atoms. The smallest absolute Gasteiger partial charge is 0.415 e. The number of carboxylic acid groups (broad SMARTS) is 1. The largest absolute Gasteiger partial charge is 0.492 e. The number of nitrogens with zero attached hydrogens (tertiary/aromatic N) is 1. The van der Waals surface area contributed by atoms with E-state index in [-0.39, 0.29) is 26.0 Å². The lowest BCUT2D eigenvalue weighted by atomic mass is 10.1. The van der Waals surface area contributed by atoms with Gasteiger partial charge in [-0.05, 0) is 87.9 Å². The number of halogens is 2. The summed E-state index contributed by atoms with van der Waals surface area (Å²) < 4.78 is 43.0. The quantitative estimate of drug-likeness (QED) is 0.234. The van der Waals surface area contributed by atoms with Crippen LogP contribution >= 0.6 is 0 Å². The third kappa shape index (κ3) is 11.6. The number of aryl methyl sites for hydroxylation is 3. The molecular formula is C30H41F2NO6. The van der Waals surface area contributed by atoms with Gasteiger partial charge >= 0.3 is 12.1 Å². The van der Waals surface area contributed by atoms with Gasteiger partial charge in [0.25, 0.3) is 0 Å². The van der Waals surface area contributed by atoms with Crippen LogP contribution in [0.4, 0.5) is 13.6 Å². The van der Waals surface area contributed by atoms with Crippen LogP contribution in [0.3, 0.4) is 0 Å². The van der Waals surface area contributed by atoms with Crippen LogP contribution in [-0.4, -0.2) is 60.4 Å². The number of unbranched alkanes of at least 4 members (excludes halogenated alkanes) is 2. The Hall–Kier alpha value is -3.20. The third-order valence-corrected chi connectivity index (χ3v) is 6.41. The number of carbonyl (C=O) groups excluding carboxylic acids is 1. The molecule has 1 N–H and O–H groups in total. The predicted octanol–water partition coefficient (Wildman–Crippen LogP) is 6.74. The van der Waals surface area contributed by atoms with Gasteiger partial charge in [0.15, 0.2) is 6.10 Å². The zero-order chi connectivity index (χ0) is 29.0. The predicted molar refractivity (Wildman–Crippen MR) is 146 cm³/mol. The summed E-state index contributed by atoms with van der Waals surface area (Å²) in [6.45, 7) is 9.60. The summed E-state index contributed by atoms with van der Waals surface area (Å²) in [5, 5.41) is 9.27. The minimum atomic E-state index is -2.69. The molecule has 0 aliphatic carbocycles. The summed E-state index contributed by atoms with van der Waals surface area (Å²) in [4.78, 5) is 25.9. The topological polar surface area (TPSA) is 85.3 Å². The molecule has 0 fully saturated rings. The number of benzene rings is 2. The highest BCUT2D eigenvalue weighted by Crippen LogP contribution is 2.24. The molecule has 216 valence electrons. The Morgan fingerprint density at radius 3 is 2.26 bits per heavy atom. The molecule has 0 aliphatic heterocycles. The standard InChI is InChI=1S/C30H41F2NO6/c1-6-37-27(28(34)35)20-24-10-12-25(13-11-24)38-17-16-33(15-9-7-8-14-30(5,31)32)29(36)39-26-19-22(3)21(2)18-23(26)4/h10-13,18-19,27H,6-9,14-17,20H2,1-5H3,(H,34,35). The molecule has 1 atom stereocenters. The van der Waals surface area contributed by atoms with E-state index in [1.165, 1.54) is 4.90 Å². The van der Waals surface area contributed by atoms with Crippen molar-refractivity contribution in [2.75, 3.05) is 26.3 Å². The molecule has 0 aromatic heterocycles. The highest BCUT2D eigenvalue weighted by atomic mass is 19.3. The maximum Gasteiger partial charge on any atom is 0.415 e. The van der Waals surface area contributed by atoms with Crippen LogP contribution in [0, 0.1) is 20.8 Å². The average molecular weight is 550 g/mol. The first-order chi connectivity index (χ1) is 18.4. The number of alkyl halides is 2. The second-order valence-corrected chi connectivity index (χ2v) is 9.92. The lowest BCUT2D eigenvalue weighted by Crippen LogP contribution is -2.37. The Bertz CT molecular complexity index is 1070. The Labute approximate surface area is 230 Å². The normalized spacial score (nSPS) is 12.2. The van der Waals surface area contributed by atoms with Crippen molar-refractivity contribution < 1.29 is 37.7 Å². The molecule has 0 saturated carbocycles. The van der Waals surface area contributed by atoms with Crippen molar-refractivity contribution in [1.29, 1.82) is 0 Å². The monoisotopic (exact) mass is 549 g/mol. The minimum Gasteiger partial charge on any atom is -0.492 e. The molecule has 0 saturated heterocycles. The molecule has 1 amide bonds. The van der Waals surface area contributed by atoms with E-state index >= 15 is 0 Å². The van der Waals surface area contributed by atoms with Gasteiger partial charge in [0.05, 0.1) is 6.54 Å². The van der Waals surface area contributed by atoms with Gasteiger partial charge < -0.3 is 24.2 Å². The van der Waals surface area contributed by atoms with Crippen molar-refractivity contribution in [3.63, 3.8) is 0 Å². The molecular weight excluding hydrogens is 508 g/mol. The van der Waals surface area contributed by atoms with Crippen LogP contribution in [0.1, 0.15) is 61.8 Å². The van der Waals surface area contributed by atoms with Crippen LogP contribution in [0.15, 0.2) is 36.4 Å². The van der Waals surface area contributed by atoms with Crippen LogP contribution in [-0.2, 0) is 16.0 Å². The van der Waals surface area contributed by atoms with Crippen LogP contribution in [0.25, 0.3) is 0 Å². The second kappa shape index (κ2) is 15.4. The lowest BCUT2D eigenvalue weighted by molar-refractivity contribution is -0.149. The second-order valence-electron chi connectivity index (χ2n) is 9.92. The number of hydrogen-bond acceptors (Lipinski definition) is 5. The van der Waals surface area contributed by atoms with E-state index in [2.05, 4.69) is 0 Å². The van der Waals surface area contributed by atoms with Crippen molar-refractivity contribution >= 4 is 12.1 Å². The molecule has 1 unspecified atom stereocenters. The van der Waals surface area contributed by atoms with E-state index in [1.807, 2.05) is 32.9 Å². The fourth-order valence-electron chi connectivity index (χ4n) is 4.04. The maximum atomic E-state index is 13.1. The summed E-state index contributed by atoms with van der Waals surface area (Å²) in [6.07, 6.45) is 0.134. The van der Waals surface area contributed by atoms with E-state index < -0.39 is 24.1 Å². The molecule has 2 rings (SSSR count). The lowest BCUT2D eigenvalue weighted by Gasteiger charge is -2.23. The van der Waals surface area contributed by atoms with Gasteiger partial charge in [-0.3, -0.25) is 0 Å². The van der Waals surface area contributed by atoms with Crippen molar-refractivity contribution in [3.05, 3.63) is 58.7 Å². The van der Waals surface area contributed by atoms with Crippen molar-refractivity contribution in [1.82, 2.24) is 4.90 Å². The summed E-state index contributed by atoms with van der Waals surface area (Å²) in [6, 6.07) is 10.8. The zero-order valence-corrected chi connectivity index (χ0v) is 23.6. The molecule has 7 nitrogen and oxygen atoms in total. The number of carbonyl (C=O) groups is 2. The number of ether oxygens (including phenoxy) is 3. The van der Waals surface area contributed by atoms with Crippen LogP contribution in [0.5, 0.6) is 11.5 Å². The highest BCUT2D eigenvalue weighted by molar-refractivity contribution is 5.73. The first kappa shape index (κ1) is 32.0. The van der Waals surface area contributed by atoms with Crippen LogP contribution < -0.4 is 9.47 Å². The van der Waals surface area contributed by atoms with Crippen molar-refractivity contribution in [3.8, 4) is 11.5 Å². The Balaban J connectivity index is 1.98. The van der Waals surface area contributed by atoms with Crippen molar-refractivity contribution in [2.24, 2.45) is 0 Å². The average Bonchev–Trinajstić information content (AvgIpc) is 2.85. The molecule has 39 heavy (non-hydrogen) atoms. The van der Waals surface area contributed by atoms with E-state index in [0.717, 1.165) is 29.2 Å². The van der Waals surface area contributed by atoms with Gasteiger partial charge in [-0.25, -0.2) is 18.4 Å². The van der Waals surface area contributed by atoms with Gasteiger partial charge in [0, 0.05) is 26.0 Å². The summed E-state index contributed by atoms with van der Waals surface area (Å²) in [5.41, 5.74) is 3.77. The first-order valence-electron chi connectivity index (χ1n) is 13.4. The van der Waals surface area contributed by atoms with Crippen molar-refractivity contribution in [2.45, 2.75) is 78.7 Å². The number of hydrogen-bond donors (Lipinski definition) is 1. The summed E-state index contributed by atoms with van der Waals surface area (Å²) in [7, 11) is 0. The van der Waals surface area contributed by atoms with E-state index in [0.29, 0.717) is 43.9 Å². The fraction of sp³-hybridized carbons (Fsp3) is 0.533. The van der Waals surface area contributed by atoms with Gasteiger partial charge in [-0.15, -0.1) is 0 Å². The van der Waals surface area contributed by atoms with Gasteiger partial charge in [-0.1, -0.05) is 24.6 Å². The van der Waals surface area contributed by atoms with Gasteiger partial charge in [0.2, 0.25) is 5.92 Å². The zero-order valence-electron chi connectivity index (χ0n) is 23.6. The first-order valence-corrected chi connectivity index (χ1v) is 13.4. The van der Waals surface area contributed by atoms with Crippen LogP contribution in [0.2, 0.25) is 0 Å². The molecule has 0 bridgehead atoms. The van der Waals surface area contributed by atoms with E-state index in [9.17, 15) is 23.5 Å². The van der Waals surface area contributed by atoms with Gasteiger partial charge in [0.1, 0.15) is 18.1 Å². The summed E-state index contributed by atoms with van der Waals surface area (Å²) >= 11 is 0. The fourth-order valence-corrected chi connectivity index (χ4v) is 4.04. The number of rotatable bonds is 16. The molecule has 0 radical (unpaired) electrons. The number of aliphatic carboxylic acids is 1. The Morgan fingerprint density at radius 2 is 1.64 bits per heavy atom. The molecule has 0 aliphatic rings. The molecule has 2 aromatic rings. The number of amides is 1. The SMILES string of the molecule is CCOC(Cc1ccc(OCCN(CCCCCC(C)(F)F)C(=O)Oc2cc(C)c(C)cc2C)cc1)C(=O)O. The third-order valence-electron chi connectivity index (χ3n) is 6.41. The Morgan fingerprint density at radius 1 is 0.974 bits per heavy atom. The molecule has 9 heteroatoms. The summed E-state index contributed by atoms with van der Waals surface area (Å²) in [5.74, 6) is -2.64.